The van der Waals surface area contributed by atoms with Crippen molar-refractivity contribution in [3.8, 4) is 34.2 Å². The molecule has 0 saturated heterocycles. The lowest BCUT2D eigenvalue weighted by Gasteiger charge is -2.38. The predicted octanol–water partition coefficient (Wildman–Crippen LogP) is 6.95. The average Bonchev–Trinajstić information content (AvgIpc) is 3.53. The van der Waals surface area contributed by atoms with E-state index in [9.17, 15) is 9.59 Å². The highest BCUT2D eigenvalue weighted by atomic mass is 16.5. The molecule has 2 aliphatic heterocycles. The quantitative estimate of drug-likeness (QED) is 0.187. The van der Waals surface area contributed by atoms with Gasteiger partial charge < -0.3 is 24.0 Å². The Morgan fingerprint density at radius 2 is 1.64 bits per heavy atom. The Hall–Kier alpha value is -4.79. The Kier molecular flexibility index (Phi) is 9.80. The van der Waals surface area contributed by atoms with Crippen molar-refractivity contribution in [2.24, 2.45) is 0 Å². The second-order valence-electron chi connectivity index (χ2n) is 12.2. The molecule has 2 amide bonds. The number of ether oxygens (including phenoxy) is 3. The molecule has 0 aliphatic carbocycles. The molecule has 2 aliphatic rings. The smallest absolute Gasteiger partial charge is 0.274 e. The van der Waals surface area contributed by atoms with Gasteiger partial charge in [-0.1, -0.05) is 63.1 Å². The summed E-state index contributed by atoms with van der Waals surface area (Å²) in [5.41, 5.74) is 5.24. The van der Waals surface area contributed by atoms with Gasteiger partial charge in [-0.15, -0.1) is 0 Å². The highest BCUT2D eigenvalue weighted by Gasteiger charge is 2.34. The number of unbranched alkanes of at least 4 members (excludes halogenated alkanes) is 2. The van der Waals surface area contributed by atoms with Gasteiger partial charge in [-0.3, -0.25) is 9.59 Å². The summed E-state index contributed by atoms with van der Waals surface area (Å²) in [6, 6.07) is 21.3. The van der Waals surface area contributed by atoms with Gasteiger partial charge in [0.05, 0.1) is 37.6 Å². The monoisotopic (exact) mass is 636 g/mol. The molecule has 0 bridgehead atoms. The van der Waals surface area contributed by atoms with Crippen LogP contribution in [0, 0.1) is 0 Å². The SMILES string of the molecule is CCCCN(CCCC)C(=O)c1cc2n(n1)-c1ccc(-c3c(OC)cccc3OC)cc1C(=O)N1Cc3ccccc3CC1CCO2. The number of nitrogens with zero attached hydrogens (tertiary/aromatic N) is 4. The molecule has 0 saturated carbocycles. The maximum absolute atomic E-state index is 14.8. The molecule has 0 spiro atoms. The van der Waals surface area contributed by atoms with E-state index in [4.69, 9.17) is 19.3 Å². The van der Waals surface area contributed by atoms with Crippen LogP contribution < -0.4 is 14.2 Å². The van der Waals surface area contributed by atoms with Crippen LogP contribution in [0.2, 0.25) is 0 Å². The van der Waals surface area contributed by atoms with E-state index in [0.717, 1.165) is 48.8 Å². The first-order valence-corrected chi connectivity index (χ1v) is 16.7. The van der Waals surface area contributed by atoms with Crippen LogP contribution in [-0.4, -0.2) is 71.4 Å². The fourth-order valence-corrected chi connectivity index (χ4v) is 6.64. The molecule has 0 N–H and O–H groups in total. The normalized spacial score (nSPS) is 15.4. The summed E-state index contributed by atoms with van der Waals surface area (Å²) in [6.45, 7) is 6.49. The molecule has 246 valence electrons. The van der Waals surface area contributed by atoms with Crippen LogP contribution in [-0.2, 0) is 13.0 Å². The number of fused-ring (bicyclic) bond motifs is 5. The number of rotatable bonds is 10. The lowest BCUT2D eigenvalue weighted by atomic mass is 9.91. The van der Waals surface area contributed by atoms with Gasteiger partial charge in [-0.2, -0.15) is 9.78 Å². The van der Waals surface area contributed by atoms with E-state index in [0.29, 0.717) is 67.0 Å². The van der Waals surface area contributed by atoms with E-state index in [1.54, 1.807) is 25.0 Å². The Morgan fingerprint density at radius 3 is 2.32 bits per heavy atom. The maximum atomic E-state index is 14.8. The number of carbonyl (C=O) groups excluding carboxylic acids is 2. The van der Waals surface area contributed by atoms with Gasteiger partial charge >= 0.3 is 0 Å². The molecule has 1 unspecified atom stereocenters. The highest BCUT2D eigenvalue weighted by molar-refractivity contribution is 6.00. The minimum atomic E-state index is -0.124. The van der Waals surface area contributed by atoms with Crippen LogP contribution in [0.5, 0.6) is 17.4 Å². The fraction of sp³-hybridized carbons (Fsp3) is 0.395. The van der Waals surface area contributed by atoms with Crippen LogP contribution in [0.4, 0.5) is 0 Å². The lowest BCUT2D eigenvalue weighted by Crippen LogP contribution is -2.45. The number of methoxy groups -OCH3 is 2. The van der Waals surface area contributed by atoms with Gasteiger partial charge in [0.1, 0.15) is 11.5 Å². The molecule has 1 aromatic heterocycles. The third kappa shape index (κ3) is 6.44. The summed E-state index contributed by atoms with van der Waals surface area (Å²) >= 11 is 0. The minimum Gasteiger partial charge on any atom is -0.496 e. The van der Waals surface area contributed by atoms with Crippen molar-refractivity contribution in [2.75, 3.05) is 33.9 Å². The molecule has 47 heavy (non-hydrogen) atoms. The third-order valence-corrected chi connectivity index (χ3v) is 9.24. The maximum Gasteiger partial charge on any atom is 0.274 e. The van der Waals surface area contributed by atoms with Crippen molar-refractivity contribution in [3.05, 3.63) is 89.1 Å². The summed E-state index contributed by atoms with van der Waals surface area (Å²) in [5, 5.41) is 4.83. The van der Waals surface area contributed by atoms with Gasteiger partial charge in [-0.25, -0.2) is 0 Å². The highest BCUT2D eigenvalue weighted by Crippen LogP contribution is 2.40. The standard InChI is InChI=1S/C38H44N4O5/c1-5-7-19-40(20-8-6-2)38(44)31-24-35-42(39-31)32-17-16-27(36-33(45-3)14-11-15-34(36)46-4)23-30(32)37(43)41-25-28-13-10-9-12-26(28)22-29(41)18-21-47-35/h9-17,23-24,29H,5-8,18-22,25H2,1-4H3. The predicted molar refractivity (Wildman–Crippen MR) is 182 cm³/mol. The van der Waals surface area contributed by atoms with Crippen molar-refractivity contribution >= 4 is 11.8 Å². The number of hydrogen-bond donors (Lipinski definition) is 0. The van der Waals surface area contributed by atoms with Crippen LogP contribution >= 0.6 is 0 Å². The van der Waals surface area contributed by atoms with Gasteiger partial charge in [0, 0.05) is 38.2 Å². The molecule has 3 aromatic carbocycles. The van der Waals surface area contributed by atoms with Gasteiger partial charge in [0.2, 0.25) is 5.88 Å². The largest absolute Gasteiger partial charge is 0.496 e. The zero-order valence-corrected chi connectivity index (χ0v) is 27.8. The molecule has 6 rings (SSSR count). The van der Waals surface area contributed by atoms with Gasteiger partial charge in [-0.05, 0) is 60.2 Å². The van der Waals surface area contributed by atoms with E-state index in [1.807, 2.05) is 52.3 Å². The van der Waals surface area contributed by atoms with Crippen LogP contribution in [0.1, 0.15) is 77.9 Å². The minimum absolute atomic E-state index is 0.0520. The van der Waals surface area contributed by atoms with E-state index in [1.165, 1.54) is 5.56 Å². The van der Waals surface area contributed by atoms with Gasteiger partial charge in [0.25, 0.3) is 11.8 Å². The summed E-state index contributed by atoms with van der Waals surface area (Å²) < 4.78 is 19.5. The Bertz CT molecular complexity index is 1720. The zero-order chi connectivity index (χ0) is 32.9. The Balaban J connectivity index is 1.49. The van der Waals surface area contributed by atoms with Crippen molar-refractivity contribution in [1.29, 1.82) is 0 Å². The van der Waals surface area contributed by atoms with Crippen molar-refractivity contribution in [1.82, 2.24) is 19.6 Å². The molecule has 9 nitrogen and oxygen atoms in total. The molecule has 3 heterocycles. The third-order valence-electron chi connectivity index (χ3n) is 9.24. The number of aromatic nitrogens is 2. The molecule has 9 heteroatoms. The molecule has 0 fully saturated rings. The van der Waals surface area contributed by atoms with Crippen LogP contribution in [0.15, 0.2) is 66.7 Å². The first-order valence-electron chi connectivity index (χ1n) is 16.7. The van der Waals surface area contributed by atoms with Crippen molar-refractivity contribution in [2.45, 2.75) is 65.0 Å². The van der Waals surface area contributed by atoms with Crippen LogP contribution in [0.3, 0.4) is 0 Å². The number of hydrogen-bond acceptors (Lipinski definition) is 6. The van der Waals surface area contributed by atoms with Crippen LogP contribution in [0.25, 0.3) is 16.8 Å². The van der Waals surface area contributed by atoms with E-state index in [2.05, 4.69) is 32.0 Å². The summed E-state index contributed by atoms with van der Waals surface area (Å²) in [5.74, 6) is 1.49. The van der Waals surface area contributed by atoms with Crippen molar-refractivity contribution < 1.29 is 23.8 Å². The number of benzene rings is 3. The zero-order valence-electron chi connectivity index (χ0n) is 27.8. The molecule has 1 atom stereocenters. The molecular weight excluding hydrogens is 592 g/mol. The summed E-state index contributed by atoms with van der Waals surface area (Å²) in [7, 11) is 3.24. The molecule has 4 aromatic rings. The summed E-state index contributed by atoms with van der Waals surface area (Å²) in [4.78, 5) is 32.5. The van der Waals surface area contributed by atoms with Gasteiger partial charge in [0.15, 0.2) is 5.69 Å². The number of amides is 2. The average molecular weight is 637 g/mol. The van der Waals surface area contributed by atoms with E-state index in [-0.39, 0.29) is 17.9 Å². The second kappa shape index (κ2) is 14.3. The first kappa shape index (κ1) is 32.2. The Morgan fingerprint density at radius 1 is 0.936 bits per heavy atom. The van der Waals surface area contributed by atoms with Crippen molar-refractivity contribution in [3.63, 3.8) is 0 Å². The molecule has 0 radical (unpaired) electrons. The molecular formula is C38H44N4O5. The first-order chi connectivity index (χ1) is 23.0. The lowest BCUT2D eigenvalue weighted by molar-refractivity contribution is 0.0604. The number of carbonyl (C=O) groups is 2. The van der Waals surface area contributed by atoms with E-state index < -0.39 is 0 Å². The summed E-state index contributed by atoms with van der Waals surface area (Å²) in [6.07, 6.45) is 5.22. The topological polar surface area (TPSA) is 86.1 Å². The fourth-order valence-electron chi connectivity index (χ4n) is 6.64. The Labute approximate surface area is 277 Å². The second-order valence-corrected chi connectivity index (χ2v) is 12.2. The van der Waals surface area contributed by atoms with E-state index >= 15 is 0 Å².